The van der Waals surface area contributed by atoms with Crippen LogP contribution >= 0.6 is 0 Å². The molecule has 7 rings (SSSR count). The van der Waals surface area contributed by atoms with Gasteiger partial charge in [0.2, 0.25) is 0 Å². The van der Waals surface area contributed by atoms with E-state index in [2.05, 4.69) is 25.9 Å². The normalized spacial score (nSPS) is 15.1. The highest BCUT2D eigenvalue weighted by Gasteiger charge is 2.53. The first-order valence-electron chi connectivity index (χ1n) is 28.3. The summed E-state index contributed by atoms with van der Waals surface area (Å²) >= 11 is 0. The van der Waals surface area contributed by atoms with Crippen molar-refractivity contribution < 1.29 is 90.4 Å². The summed E-state index contributed by atoms with van der Waals surface area (Å²) in [6, 6.07) is 15.5. The van der Waals surface area contributed by atoms with Crippen molar-refractivity contribution in [1.29, 1.82) is 0 Å². The number of ether oxygens (including phenoxy) is 12. The van der Waals surface area contributed by atoms with Gasteiger partial charge in [0, 0.05) is 48.8 Å². The summed E-state index contributed by atoms with van der Waals surface area (Å²) in [6.07, 6.45) is 4.05. The number of anilines is 2. The highest BCUT2D eigenvalue weighted by Crippen LogP contribution is 2.35. The van der Waals surface area contributed by atoms with Gasteiger partial charge in [0.15, 0.2) is 0 Å². The fraction of sp³-hybridized carbons (Fsp3) is 0.589. The highest BCUT2D eigenvalue weighted by atomic mass is 16.7. The molecule has 7 amide bonds. The molecule has 0 radical (unpaired) electrons. The van der Waals surface area contributed by atoms with Crippen LogP contribution in [-0.2, 0) is 87.4 Å². The van der Waals surface area contributed by atoms with Crippen molar-refractivity contribution >= 4 is 58.0 Å². The number of hydroxylamine groups is 2. The minimum absolute atomic E-state index is 0.0489. The SMILES string of the molecule is O=C(CCOCCOCCOCCOCCOCCOCCOCCOCCOCCOCCOCCOCCn1cc(-c2cccc(NC(=O)N3CCC4(CC3)NC(=O)N(c3cccc5ncccc35)C4=O)c2)nn1)ON1C(=O)CCC1=O. The summed E-state index contributed by atoms with van der Waals surface area (Å²) in [6.45, 7) is 10.8. The Labute approximate surface area is 486 Å². The predicted molar refractivity (Wildman–Crippen MR) is 297 cm³/mol. The number of imide groups is 2. The molecule has 0 atom stereocenters. The fourth-order valence-electron chi connectivity index (χ4n) is 8.69. The highest BCUT2D eigenvalue weighted by molar-refractivity contribution is 6.26. The van der Waals surface area contributed by atoms with Crippen LogP contribution in [0.25, 0.3) is 22.2 Å². The van der Waals surface area contributed by atoms with Crippen molar-refractivity contribution in [3.63, 3.8) is 0 Å². The zero-order valence-electron chi connectivity index (χ0n) is 47.4. The van der Waals surface area contributed by atoms with Gasteiger partial charge in [-0.05, 0) is 49.2 Å². The Morgan fingerprint density at radius 2 is 1.06 bits per heavy atom. The first kappa shape index (κ1) is 64.9. The van der Waals surface area contributed by atoms with Gasteiger partial charge in [-0.25, -0.2) is 24.0 Å². The van der Waals surface area contributed by atoms with Gasteiger partial charge in [0.05, 0.1) is 189 Å². The van der Waals surface area contributed by atoms with Gasteiger partial charge < -0.3 is 77.2 Å². The van der Waals surface area contributed by atoms with Crippen LogP contribution in [-0.4, -0.2) is 243 Å². The third-order valence-electron chi connectivity index (χ3n) is 13.1. The van der Waals surface area contributed by atoms with E-state index in [9.17, 15) is 28.8 Å². The minimum atomic E-state index is -1.09. The lowest BCUT2D eigenvalue weighted by Gasteiger charge is -2.37. The standard InChI is InChI=1S/C56H77N9O19/c66-50-9-10-51(67)65(50)84-52(68)11-18-72-20-22-74-24-26-76-28-30-78-32-34-80-36-38-82-40-41-83-39-37-81-35-33-79-31-29-77-27-25-75-23-21-73-19-17-63-43-48(60-61-63)44-4-1-5-45(42-44)58-54(70)62-15-12-56(13-16-62)53(69)64(55(71)59-56)49-8-2-7-47-46(49)6-3-14-57-47/h1-8,14,42-43H,9-13,15-41H2,(H,58,70)(H,59,71). The van der Waals surface area contributed by atoms with Crippen molar-refractivity contribution in [3.8, 4) is 11.3 Å². The summed E-state index contributed by atoms with van der Waals surface area (Å²) in [5.74, 6) is -2.07. The lowest BCUT2D eigenvalue weighted by molar-refractivity contribution is -0.198. The molecule has 2 aromatic heterocycles. The summed E-state index contributed by atoms with van der Waals surface area (Å²) < 4.78 is 67.8. The molecule has 0 aliphatic carbocycles. The number of amides is 7. The molecule has 3 aliphatic rings. The molecular weight excluding hydrogens is 1100 g/mol. The molecule has 28 nitrogen and oxygen atoms in total. The molecular formula is C56H77N9O19. The second kappa shape index (κ2) is 36.9. The number of rotatable bonds is 43. The molecule has 0 saturated carbocycles. The van der Waals surface area contributed by atoms with Crippen molar-refractivity contribution in [3.05, 3.63) is 67.0 Å². The molecule has 5 heterocycles. The van der Waals surface area contributed by atoms with E-state index in [1.54, 1.807) is 40.0 Å². The number of likely N-dealkylation sites (tertiary alicyclic amines) is 1. The Hall–Kier alpha value is -6.67. The Morgan fingerprint density at radius 1 is 0.571 bits per heavy atom. The Balaban J connectivity index is 0.573. The third kappa shape index (κ3) is 21.8. The number of carbonyl (C=O) groups excluding carboxylic acids is 6. The van der Waals surface area contributed by atoms with E-state index in [0.29, 0.717) is 185 Å². The van der Waals surface area contributed by atoms with Crippen LogP contribution in [0.4, 0.5) is 21.0 Å². The van der Waals surface area contributed by atoms with Crippen LogP contribution < -0.4 is 15.5 Å². The lowest BCUT2D eigenvalue weighted by atomic mass is 9.87. The van der Waals surface area contributed by atoms with Gasteiger partial charge >= 0.3 is 18.0 Å². The molecule has 0 unspecified atom stereocenters. The Morgan fingerprint density at radius 3 is 1.58 bits per heavy atom. The smallest absolute Gasteiger partial charge is 0.335 e. The first-order valence-corrected chi connectivity index (χ1v) is 28.3. The van der Waals surface area contributed by atoms with E-state index >= 15 is 0 Å². The third-order valence-corrected chi connectivity index (χ3v) is 13.1. The van der Waals surface area contributed by atoms with Crippen molar-refractivity contribution in [1.82, 2.24) is 35.3 Å². The monoisotopic (exact) mass is 1180 g/mol. The molecule has 2 aromatic carbocycles. The van der Waals surface area contributed by atoms with E-state index in [4.69, 9.17) is 61.7 Å². The second-order valence-corrected chi connectivity index (χ2v) is 19.0. The maximum absolute atomic E-state index is 13.8. The summed E-state index contributed by atoms with van der Waals surface area (Å²) in [5, 5.41) is 15.6. The molecule has 3 saturated heterocycles. The number of benzene rings is 2. The quantitative estimate of drug-likeness (QED) is 0.0366. The molecule has 84 heavy (non-hydrogen) atoms. The Kier molecular flexibility index (Phi) is 28.5. The number of urea groups is 2. The van der Waals surface area contributed by atoms with Crippen LogP contribution in [0.1, 0.15) is 32.1 Å². The number of nitrogens with zero attached hydrogens (tertiary/aromatic N) is 7. The minimum Gasteiger partial charge on any atom is -0.378 e. The van der Waals surface area contributed by atoms with E-state index in [-0.39, 0.29) is 70.3 Å². The van der Waals surface area contributed by atoms with Gasteiger partial charge in [0.25, 0.3) is 17.7 Å². The van der Waals surface area contributed by atoms with Crippen molar-refractivity contribution in [2.75, 3.05) is 182 Å². The number of hydrogen-bond acceptors (Lipinski definition) is 22. The second-order valence-electron chi connectivity index (χ2n) is 19.0. The number of aromatic nitrogens is 4. The van der Waals surface area contributed by atoms with E-state index in [0.717, 1.165) is 5.56 Å². The Bertz CT molecular complexity index is 2640. The zero-order valence-corrected chi connectivity index (χ0v) is 47.4. The first-order chi connectivity index (χ1) is 41.2. The average molecular weight is 1180 g/mol. The van der Waals surface area contributed by atoms with Gasteiger partial charge in [-0.15, -0.1) is 10.2 Å². The van der Waals surface area contributed by atoms with E-state index in [1.165, 1.54) is 4.90 Å². The van der Waals surface area contributed by atoms with E-state index < -0.39 is 29.4 Å². The lowest BCUT2D eigenvalue weighted by Crippen LogP contribution is -2.56. The molecule has 0 bridgehead atoms. The topological polar surface area (TPSA) is 300 Å². The number of hydrogen-bond donors (Lipinski definition) is 2. The van der Waals surface area contributed by atoms with Gasteiger partial charge in [-0.2, -0.15) is 0 Å². The summed E-state index contributed by atoms with van der Waals surface area (Å²) in [7, 11) is 0. The maximum atomic E-state index is 13.8. The predicted octanol–water partition coefficient (Wildman–Crippen LogP) is 2.81. The zero-order chi connectivity index (χ0) is 58.9. The van der Waals surface area contributed by atoms with Gasteiger partial charge in [-0.1, -0.05) is 23.4 Å². The molecule has 1 spiro atoms. The number of carbonyl (C=O) groups is 6. The van der Waals surface area contributed by atoms with Gasteiger partial charge in [0.1, 0.15) is 11.2 Å². The van der Waals surface area contributed by atoms with Crippen LogP contribution in [0.3, 0.4) is 0 Å². The number of pyridine rings is 1. The summed E-state index contributed by atoms with van der Waals surface area (Å²) in [5.41, 5.74) is 2.07. The number of nitrogens with one attached hydrogen (secondary N) is 2. The largest absolute Gasteiger partial charge is 0.378 e. The number of piperidine rings is 1. The van der Waals surface area contributed by atoms with E-state index in [1.807, 2.05) is 36.5 Å². The van der Waals surface area contributed by atoms with Gasteiger partial charge in [-0.3, -0.25) is 19.4 Å². The molecule has 4 aromatic rings. The molecule has 28 heteroatoms. The average Bonchev–Trinajstić information content (AvgIpc) is 2.85. The van der Waals surface area contributed by atoms with Crippen molar-refractivity contribution in [2.45, 2.75) is 44.2 Å². The molecule has 3 aliphatic heterocycles. The van der Waals surface area contributed by atoms with Crippen LogP contribution in [0.5, 0.6) is 0 Å². The summed E-state index contributed by atoms with van der Waals surface area (Å²) in [4.78, 5) is 86.9. The van der Waals surface area contributed by atoms with Crippen LogP contribution in [0, 0.1) is 0 Å². The molecule has 460 valence electrons. The molecule has 3 fully saturated rings. The van der Waals surface area contributed by atoms with Crippen LogP contribution in [0.15, 0.2) is 67.0 Å². The molecule has 2 N–H and O–H groups in total. The maximum Gasteiger partial charge on any atom is 0.335 e. The number of fused-ring (bicyclic) bond motifs is 1. The fourth-order valence-corrected chi connectivity index (χ4v) is 8.69. The van der Waals surface area contributed by atoms with Crippen molar-refractivity contribution in [2.24, 2.45) is 0 Å². The van der Waals surface area contributed by atoms with Crippen LogP contribution in [0.2, 0.25) is 0 Å².